The van der Waals surface area contributed by atoms with Gasteiger partial charge in [0.1, 0.15) is 0 Å². The highest BCUT2D eigenvalue weighted by Gasteiger charge is 2.11. The Morgan fingerprint density at radius 2 is 2.06 bits per heavy atom. The zero-order chi connectivity index (χ0) is 12.5. The van der Waals surface area contributed by atoms with Gasteiger partial charge in [-0.1, -0.05) is 18.2 Å². The molecule has 0 saturated heterocycles. The first-order chi connectivity index (χ1) is 8.81. The Bertz CT molecular complexity index is 703. The summed E-state index contributed by atoms with van der Waals surface area (Å²) in [7, 11) is 0. The van der Waals surface area contributed by atoms with Crippen LogP contribution in [-0.4, -0.2) is 19.9 Å². The lowest BCUT2D eigenvalue weighted by Crippen LogP contribution is -2.02. The molecule has 1 aromatic carbocycles. The maximum absolute atomic E-state index is 9.39. The molecule has 0 fully saturated rings. The highest BCUT2D eigenvalue weighted by molar-refractivity contribution is 5.83. The quantitative estimate of drug-likeness (QED) is 0.746. The van der Waals surface area contributed by atoms with Crippen LogP contribution in [0, 0.1) is 6.92 Å². The lowest BCUT2D eigenvalue weighted by molar-refractivity contribution is 0.281. The normalized spacial score (nSPS) is 11.0. The molecule has 0 aliphatic carbocycles. The van der Waals surface area contributed by atoms with Gasteiger partial charge in [-0.3, -0.25) is 4.98 Å². The lowest BCUT2D eigenvalue weighted by Gasteiger charge is -2.07. The first-order valence-corrected chi connectivity index (χ1v) is 5.80. The van der Waals surface area contributed by atoms with Gasteiger partial charge in [0.05, 0.1) is 29.7 Å². The van der Waals surface area contributed by atoms with Crippen molar-refractivity contribution >= 4 is 10.9 Å². The Morgan fingerprint density at radius 3 is 2.89 bits per heavy atom. The molecule has 0 radical (unpaired) electrons. The largest absolute Gasteiger partial charge is 0.392 e. The summed E-state index contributed by atoms with van der Waals surface area (Å²) in [6.07, 6.45) is 3.40. The molecule has 0 amide bonds. The fraction of sp³-hybridized carbons (Fsp3) is 0.143. The van der Waals surface area contributed by atoms with Crippen molar-refractivity contribution in [3.63, 3.8) is 0 Å². The second-order valence-corrected chi connectivity index (χ2v) is 4.18. The van der Waals surface area contributed by atoms with Crippen LogP contribution >= 0.6 is 0 Å². The molecule has 4 nitrogen and oxygen atoms in total. The number of hydrogen-bond acceptors (Lipinski definition) is 3. The Balaban J connectivity index is 2.32. The van der Waals surface area contributed by atoms with Crippen molar-refractivity contribution in [2.45, 2.75) is 13.5 Å². The molecular weight excluding hydrogens is 226 g/mol. The van der Waals surface area contributed by atoms with Crippen LogP contribution in [-0.2, 0) is 6.61 Å². The summed E-state index contributed by atoms with van der Waals surface area (Å²) in [5, 5.41) is 15.0. The van der Waals surface area contributed by atoms with E-state index in [-0.39, 0.29) is 6.61 Å². The van der Waals surface area contributed by atoms with E-state index in [1.807, 2.05) is 35.9 Å². The first-order valence-electron chi connectivity index (χ1n) is 5.80. The van der Waals surface area contributed by atoms with Gasteiger partial charge in [-0.25, -0.2) is 4.68 Å². The summed E-state index contributed by atoms with van der Waals surface area (Å²) in [6, 6.07) is 9.85. The molecule has 0 saturated carbocycles. The number of para-hydroxylation sites is 1. The molecule has 0 aliphatic heterocycles. The molecule has 1 N–H and O–H groups in total. The van der Waals surface area contributed by atoms with Crippen LogP contribution in [0.5, 0.6) is 0 Å². The summed E-state index contributed by atoms with van der Waals surface area (Å²) in [5.74, 6) is 0. The Kier molecular flexibility index (Phi) is 2.57. The van der Waals surface area contributed by atoms with E-state index in [1.165, 1.54) is 0 Å². The van der Waals surface area contributed by atoms with Gasteiger partial charge < -0.3 is 5.11 Å². The van der Waals surface area contributed by atoms with Crippen LogP contribution in [0.1, 0.15) is 11.3 Å². The predicted octanol–water partition coefficient (Wildman–Crippen LogP) is 2.22. The van der Waals surface area contributed by atoms with Crippen molar-refractivity contribution in [1.29, 1.82) is 0 Å². The third-order valence-electron chi connectivity index (χ3n) is 3.06. The molecule has 90 valence electrons. The standard InChI is InChI=1S/C14H13N3O/c1-10-12-4-2-3-5-13(12)17(16-10)14-8-15-7-6-11(14)9-18/h2-8,18H,9H2,1H3. The van der Waals surface area contributed by atoms with E-state index in [0.29, 0.717) is 0 Å². The van der Waals surface area contributed by atoms with Crippen LogP contribution in [0.4, 0.5) is 0 Å². The third kappa shape index (κ3) is 1.58. The Morgan fingerprint density at radius 1 is 1.22 bits per heavy atom. The minimum Gasteiger partial charge on any atom is -0.392 e. The van der Waals surface area contributed by atoms with Gasteiger partial charge in [0.2, 0.25) is 0 Å². The second kappa shape index (κ2) is 4.23. The number of aromatic nitrogens is 3. The smallest absolute Gasteiger partial charge is 0.0891 e. The molecule has 0 atom stereocenters. The third-order valence-corrected chi connectivity index (χ3v) is 3.06. The number of pyridine rings is 1. The average molecular weight is 239 g/mol. The maximum Gasteiger partial charge on any atom is 0.0891 e. The fourth-order valence-corrected chi connectivity index (χ4v) is 2.15. The zero-order valence-electron chi connectivity index (χ0n) is 10.0. The van der Waals surface area contributed by atoms with Gasteiger partial charge in [0, 0.05) is 17.1 Å². The minimum absolute atomic E-state index is 0.0227. The van der Waals surface area contributed by atoms with Gasteiger partial charge in [-0.05, 0) is 19.1 Å². The number of hydrogen-bond donors (Lipinski definition) is 1. The van der Waals surface area contributed by atoms with Crippen molar-refractivity contribution in [2.75, 3.05) is 0 Å². The number of benzene rings is 1. The van der Waals surface area contributed by atoms with E-state index in [9.17, 15) is 5.11 Å². The zero-order valence-corrected chi connectivity index (χ0v) is 10.0. The van der Waals surface area contributed by atoms with E-state index in [4.69, 9.17) is 0 Å². The van der Waals surface area contributed by atoms with Gasteiger partial charge in [-0.15, -0.1) is 0 Å². The van der Waals surface area contributed by atoms with Crippen molar-refractivity contribution in [2.24, 2.45) is 0 Å². The number of rotatable bonds is 2. The maximum atomic E-state index is 9.39. The van der Waals surface area contributed by atoms with E-state index < -0.39 is 0 Å². The molecule has 2 heterocycles. The van der Waals surface area contributed by atoms with Gasteiger partial charge >= 0.3 is 0 Å². The summed E-state index contributed by atoms with van der Waals surface area (Å²) < 4.78 is 1.84. The molecule has 3 rings (SSSR count). The fourth-order valence-electron chi connectivity index (χ4n) is 2.15. The van der Waals surface area contributed by atoms with E-state index >= 15 is 0 Å². The molecule has 0 unspecified atom stereocenters. The summed E-state index contributed by atoms with van der Waals surface area (Å²) in [4.78, 5) is 4.11. The van der Waals surface area contributed by atoms with Gasteiger partial charge in [-0.2, -0.15) is 5.10 Å². The van der Waals surface area contributed by atoms with Crippen molar-refractivity contribution in [3.05, 3.63) is 54.0 Å². The Hall–Kier alpha value is -2.20. The summed E-state index contributed by atoms with van der Waals surface area (Å²) >= 11 is 0. The molecule has 2 aromatic heterocycles. The molecule has 18 heavy (non-hydrogen) atoms. The number of fused-ring (bicyclic) bond motifs is 1. The van der Waals surface area contributed by atoms with Crippen molar-refractivity contribution < 1.29 is 5.11 Å². The second-order valence-electron chi connectivity index (χ2n) is 4.18. The first kappa shape index (κ1) is 10.9. The topological polar surface area (TPSA) is 50.9 Å². The average Bonchev–Trinajstić information content (AvgIpc) is 2.77. The highest BCUT2D eigenvalue weighted by Crippen LogP contribution is 2.22. The molecule has 0 aliphatic rings. The van der Waals surface area contributed by atoms with Crippen molar-refractivity contribution in [1.82, 2.24) is 14.8 Å². The van der Waals surface area contributed by atoms with Crippen LogP contribution < -0.4 is 0 Å². The summed E-state index contributed by atoms with van der Waals surface area (Å²) in [5.41, 5.74) is 3.64. The van der Waals surface area contributed by atoms with Crippen LogP contribution in [0.15, 0.2) is 42.7 Å². The van der Waals surface area contributed by atoms with E-state index in [1.54, 1.807) is 18.5 Å². The summed E-state index contributed by atoms with van der Waals surface area (Å²) in [6.45, 7) is 1.96. The molecule has 4 heteroatoms. The van der Waals surface area contributed by atoms with Crippen molar-refractivity contribution in [3.8, 4) is 5.69 Å². The van der Waals surface area contributed by atoms with Gasteiger partial charge in [0.25, 0.3) is 0 Å². The van der Waals surface area contributed by atoms with Crippen LogP contribution in [0.25, 0.3) is 16.6 Å². The van der Waals surface area contributed by atoms with E-state index in [0.717, 1.165) is 27.8 Å². The lowest BCUT2D eigenvalue weighted by atomic mass is 10.2. The van der Waals surface area contributed by atoms with Crippen LogP contribution in [0.3, 0.4) is 0 Å². The van der Waals surface area contributed by atoms with Crippen LogP contribution in [0.2, 0.25) is 0 Å². The molecular formula is C14H13N3O. The molecule has 3 aromatic rings. The molecule has 0 spiro atoms. The van der Waals surface area contributed by atoms with E-state index in [2.05, 4.69) is 10.1 Å². The molecule has 0 bridgehead atoms. The number of nitrogens with zero attached hydrogens (tertiary/aromatic N) is 3. The SMILES string of the molecule is Cc1nn(-c2cnccc2CO)c2ccccc12. The number of aliphatic hydroxyl groups excluding tert-OH is 1. The minimum atomic E-state index is -0.0227. The predicted molar refractivity (Wildman–Crippen MR) is 69.5 cm³/mol. The number of aryl methyl sites for hydroxylation is 1. The Labute approximate surface area is 105 Å². The number of aliphatic hydroxyl groups is 1. The monoisotopic (exact) mass is 239 g/mol. The highest BCUT2D eigenvalue weighted by atomic mass is 16.3. The van der Waals surface area contributed by atoms with Gasteiger partial charge in [0.15, 0.2) is 0 Å².